The first-order chi connectivity index (χ1) is 6.54. The van der Waals surface area contributed by atoms with Gasteiger partial charge < -0.3 is 16.4 Å². The number of nitrogens with one attached hydrogen (secondary N) is 2. The Hall–Kier alpha value is -1.10. The summed E-state index contributed by atoms with van der Waals surface area (Å²) in [6.07, 6.45) is 1.61. The smallest absolute Gasteiger partial charge is 0.236 e. The number of primary amides is 1. The number of hydrogen-bond acceptors (Lipinski definition) is 3. The maximum absolute atomic E-state index is 11.7. The van der Waals surface area contributed by atoms with Crippen LogP contribution in [0.25, 0.3) is 0 Å². The van der Waals surface area contributed by atoms with Crippen LogP contribution >= 0.6 is 0 Å². The van der Waals surface area contributed by atoms with E-state index in [0.29, 0.717) is 0 Å². The summed E-state index contributed by atoms with van der Waals surface area (Å²) in [5.41, 5.74) is 4.60. The molecule has 1 aliphatic heterocycles. The van der Waals surface area contributed by atoms with Crippen molar-refractivity contribution in [2.24, 2.45) is 11.1 Å². The van der Waals surface area contributed by atoms with Gasteiger partial charge in [0.25, 0.3) is 0 Å². The van der Waals surface area contributed by atoms with Crippen molar-refractivity contribution < 1.29 is 9.59 Å². The van der Waals surface area contributed by atoms with Gasteiger partial charge in [0.2, 0.25) is 11.8 Å². The Morgan fingerprint density at radius 3 is 2.50 bits per heavy atom. The van der Waals surface area contributed by atoms with Crippen LogP contribution in [0.5, 0.6) is 0 Å². The summed E-state index contributed by atoms with van der Waals surface area (Å²) in [5, 5.41) is 5.74. The predicted molar refractivity (Wildman–Crippen MR) is 52.4 cm³/mol. The molecule has 0 spiro atoms. The highest BCUT2D eigenvalue weighted by Crippen LogP contribution is 2.27. The molecule has 80 valence electrons. The number of piperidine rings is 1. The predicted octanol–water partition coefficient (Wildman–Crippen LogP) is -1.02. The Kier molecular flexibility index (Phi) is 3.46. The number of carbonyl (C=O) groups excluding carboxylic acids is 2. The molecule has 0 aliphatic carbocycles. The molecule has 0 unspecified atom stereocenters. The third kappa shape index (κ3) is 2.70. The fourth-order valence-electron chi connectivity index (χ4n) is 1.59. The number of rotatable bonds is 3. The van der Waals surface area contributed by atoms with E-state index >= 15 is 0 Å². The average Bonchev–Trinajstić information content (AvgIpc) is 2.15. The molecule has 1 rings (SSSR count). The van der Waals surface area contributed by atoms with Crippen LogP contribution < -0.4 is 16.4 Å². The van der Waals surface area contributed by atoms with Gasteiger partial charge in [-0.1, -0.05) is 6.92 Å². The first kappa shape index (κ1) is 11.0. The van der Waals surface area contributed by atoms with E-state index < -0.39 is 5.91 Å². The third-order valence-corrected chi connectivity index (χ3v) is 2.68. The summed E-state index contributed by atoms with van der Waals surface area (Å²) in [6.45, 7) is 3.55. The van der Waals surface area contributed by atoms with Gasteiger partial charge in [0.15, 0.2) is 0 Å². The molecule has 0 bridgehead atoms. The Bertz CT molecular complexity index is 234. The van der Waals surface area contributed by atoms with E-state index in [4.69, 9.17) is 5.73 Å². The SMILES string of the molecule is CC1(C(=O)NCC(N)=O)CCNCC1. The Morgan fingerprint density at radius 2 is 2.00 bits per heavy atom. The summed E-state index contributed by atoms with van der Waals surface area (Å²) in [5.74, 6) is -0.575. The molecule has 0 aromatic rings. The standard InChI is InChI=1S/C9H17N3O2/c1-9(2-4-11-5-3-9)8(14)12-6-7(10)13/h11H,2-6H2,1H3,(H2,10,13)(H,12,14). The topological polar surface area (TPSA) is 84.2 Å². The highest BCUT2D eigenvalue weighted by molar-refractivity contribution is 5.87. The maximum atomic E-state index is 11.7. The van der Waals surface area contributed by atoms with Crippen LogP contribution in [0.4, 0.5) is 0 Å². The minimum atomic E-state index is -0.504. The molecule has 0 radical (unpaired) electrons. The first-order valence-electron chi connectivity index (χ1n) is 4.82. The van der Waals surface area contributed by atoms with Crippen LogP contribution in [0, 0.1) is 5.41 Å². The van der Waals surface area contributed by atoms with Crippen LogP contribution in [-0.2, 0) is 9.59 Å². The van der Waals surface area contributed by atoms with E-state index in [1.807, 2.05) is 6.92 Å². The lowest BCUT2D eigenvalue weighted by Crippen LogP contribution is -2.47. The molecule has 4 N–H and O–H groups in total. The van der Waals surface area contributed by atoms with Gasteiger partial charge >= 0.3 is 0 Å². The van der Waals surface area contributed by atoms with Gasteiger partial charge in [-0.2, -0.15) is 0 Å². The highest BCUT2D eigenvalue weighted by atomic mass is 16.2. The maximum Gasteiger partial charge on any atom is 0.236 e. The summed E-state index contributed by atoms with van der Waals surface area (Å²) >= 11 is 0. The van der Waals surface area contributed by atoms with Crippen molar-refractivity contribution in [3.8, 4) is 0 Å². The molecule has 5 nitrogen and oxygen atoms in total. The molecule has 2 amide bonds. The van der Waals surface area contributed by atoms with Crippen molar-refractivity contribution in [3.05, 3.63) is 0 Å². The zero-order valence-corrected chi connectivity index (χ0v) is 8.43. The highest BCUT2D eigenvalue weighted by Gasteiger charge is 2.34. The van der Waals surface area contributed by atoms with Crippen LogP contribution in [0.3, 0.4) is 0 Å². The quantitative estimate of drug-likeness (QED) is 0.544. The second-order valence-corrected chi connectivity index (χ2v) is 3.96. The number of amides is 2. The average molecular weight is 199 g/mol. The third-order valence-electron chi connectivity index (χ3n) is 2.68. The van der Waals surface area contributed by atoms with Gasteiger partial charge in [0.1, 0.15) is 0 Å². The largest absolute Gasteiger partial charge is 0.368 e. The van der Waals surface area contributed by atoms with Crippen molar-refractivity contribution >= 4 is 11.8 Å². The van der Waals surface area contributed by atoms with Crippen molar-refractivity contribution in [1.29, 1.82) is 0 Å². The minimum absolute atomic E-state index is 0.0676. The number of nitrogens with two attached hydrogens (primary N) is 1. The minimum Gasteiger partial charge on any atom is -0.368 e. The van der Waals surface area contributed by atoms with Crippen LogP contribution in [0.15, 0.2) is 0 Å². The van der Waals surface area contributed by atoms with E-state index in [1.165, 1.54) is 0 Å². The Balaban J connectivity index is 2.45. The summed E-state index contributed by atoms with van der Waals surface area (Å²) in [7, 11) is 0. The van der Waals surface area contributed by atoms with Gasteiger partial charge in [0.05, 0.1) is 6.54 Å². The fraction of sp³-hybridized carbons (Fsp3) is 0.778. The van der Waals surface area contributed by atoms with Crippen LogP contribution in [0.1, 0.15) is 19.8 Å². The van der Waals surface area contributed by atoms with Gasteiger partial charge in [-0.3, -0.25) is 9.59 Å². The van der Waals surface area contributed by atoms with E-state index in [1.54, 1.807) is 0 Å². The van der Waals surface area contributed by atoms with E-state index in [-0.39, 0.29) is 17.9 Å². The van der Waals surface area contributed by atoms with Crippen LogP contribution in [-0.4, -0.2) is 31.4 Å². The molecule has 0 atom stereocenters. The molecule has 5 heteroatoms. The van der Waals surface area contributed by atoms with Gasteiger partial charge in [-0.15, -0.1) is 0 Å². The van der Waals surface area contributed by atoms with Crippen molar-refractivity contribution in [2.75, 3.05) is 19.6 Å². The lowest BCUT2D eigenvalue weighted by molar-refractivity contribution is -0.133. The zero-order chi connectivity index (χ0) is 10.6. The molecule has 14 heavy (non-hydrogen) atoms. The van der Waals surface area contributed by atoms with Crippen molar-refractivity contribution in [1.82, 2.24) is 10.6 Å². The van der Waals surface area contributed by atoms with Crippen LogP contribution in [0.2, 0.25) is 0 Å². The fourth-order valence-corrected chi connectivity index (χ4v) is 1.59. The monoisotopic (exact) mass is 199 g/mol. The lowest BCUT2D eigenvalue weighted by Gasteiger charge is -2.32. The lowest BCUT2D eigenvalue weighted by atomic mass is 9.80. The molecular weight excluding hydrogens is 182 g/mol. The summed E-state index contributed by atoms with van der Waals surface area (Å²) < 4.78 is 0. The van der Waals surface area contributed by atoms with E-state index in [2.05, 4.69) is 10.6 Å². The molecule has 0 saturated carbocycles. The van der Waals surface area contributed by atoms with Gasteiger partial charge in [0, 0.05) is 5.41 Å². The molecule has 1 aliphatic rings. The molecule has 0 aromatic heterocycles. The molecule has 1 fully saturated rings. The molecular formula is C9H17N3O2. The van der Waals surface area contributed by atoms with Gasteiger partial charge in [-0.05, 0) is 25.9 Å². The zero-order valence-electron chi connectivity index (χ0n) is 8.43. The first-order valence-corrected chi connectivity index (χ1v) is 4.82. The van der Waals surface area contributed by atoms with E-state index in [0.717, 1.165) is 25.9 Å². The number of carbonyl (C=O) groups is 2. The van der Waals surface area contributed by atoms with Crippen molar-refractivity contribution in [3.63, 3.8) is 0 Å². The second kappa shape index (κ2) is 4.41. The number of hydrogen-bond donors (Lipinski definition) is 3. The summed E-state index contributed by atoms with van der Waals surface area (Å²) in [6, 6.07) is 0. The van der Waals surface area contributed by atoms with E-state index in [9.17, 15) is 9.59 Å². The normalized spacial score (nSPS) is 20.1. The molecule has 1 heterocycles. The van der Waals surface area contributed by atoms with Crippen molar-refractivity contribution in [2.45, 2.75) is 19.8 Å². The Labute approximate surface area is 83.4 Å². The summed E-state index contributed by atoms with van der Waals surface area (Å²) in [4.78, 5) is 22.2. The second-order valence-electron chi connectivity index (χ2n) is 3.96. The molecule has 0 aromatic carbocycles. The molecule has 1 saturated heterocycles. The Morgan fingerprint density at radius 1 is 1.43 bits per heavy atom. The van der Waals surface area contributed by atoms with Gasteiger partial charge in [-0.25, -0.2) is 0 Å².